The van der Waals surface area contributed by atoms with Gasteiger partial charge in [-0.15, -0.1) is 0 Å². The number of hydrogen-bond donors (Lipinski definition) is 3. The topological polar surface area (TPSA) is 95.5 Å². The molecule has 1 unspecified atom stereocenters. The molecule has 7 heteroatoms. The largest absolute Gasteiger partial charge is 0.481 e. The number of urea groups is 1. The maximum absolute atomic E-state index is 11.6. The standard InChI is InChI=1S/C13H24N2O4S/c1-20(19)9-8-14-12(18)15-10-13(11(16)17)6-4-2-3-5-7-13/h2-10H2,1H3,(H,16,17)(H2,14,15,18). The summed E-state index contributed by atoms with van der Waals surface area (Å²) < 4.78 is 10.9. The van der Waals surface area contributed by atoms with Crippen LogP contribution in [0.5, 0.6) is 0 Å². The Morgan fingerprint density at radius 3 is 2.25 bits per heavy atom. The van der Waals surface area contributed by atoms with Crippen LogP contribution < -0.4 is 10.6 Å². The van der Waals surface area contributed by atoms with Crippen molar-refractivity contribution in [2.75, 3.05) is 25.1 Å². The first-order valence-electron chi connectivity index (χ1n) is 7.01. The highest BCUT2D eigenvalue weighted by molar-refractivity contribution is 7.84. The molecule has 1 rings (SSSR count). The summed E-state index contributed by atoms with van der Waals surface area (Å²) >= 11 is 0. The Balaban J connectivity index is 2.44. The second-order valence-electron chi connectivity index (χ2n) is 5.39. The van der Waals surface area contributed by atoms with E-state index < -0.39 is 22.2 Å². The summed E-state index contributed by atoms with van der Waals surface area (Å²) in [6, 6.07) is -0.389. The number of aliphatic carboxylic acids is 1. The van der Waals surface area contributed by atoms with Gasteiger partial charge in [-0.1, -0.05) is 25.7 Å². The zero-order chi connectivity index (χ0) is 15.0. The number of nitrogens with one attached hydrogen (secondary N) is 2. The minimum atomic E-state index is -0.945. The predicted octanol–water partition coefficient (Wildman–Crippen LogP) is 1.09. The lowest BCUT2D eigenvalue weighted by Gasteiger charge is -2.28. The third-order valence-corrected chi connectivity index (χ3v) is 4.56. The fourth-order valence-electron chi connectivity index (χ4n) is 2.49. The number of rotatable bonds is 6. The van der Waals surface area contributed by atoms with Gasteiger partial charge in [-0.3, -0.25) is 9.00 Å². The lowest BCUT2D eigenvalue weighted by molar-refractivity contribution is -0.149. The minimum Gasteiger partial charge on any atom is -0.481 e. The van der Waals surface area contributed by atoms with Crippen LogP contribution in [0.3, 0.4) is 0 Å². The van der Waals surface area contributed by atoms with E-state index in [-0.39, 0.29) is 12.6 Å². The number of carboxylic acids is 1. The fraction of sp³-hybridized carbons (Fsp3) is 0.846. The lowest BCUT2D eigenvalue weighted by atomic mass is 9.80. The summed E-state index contributed by atoms with van der Waals surface area (Å²) in [5, 5.41) is 14.7. The number of carbonyl (C=O) groups is 2. The van der Waals surface area contributed by atoms with Crippen molar-refractivity contribution in [2.45, 2.75) is 38.5 Å². The third kappa shape index (κ3) is 5.48. The van der Waals surface area contributed by atoms with Gasteiger partial charge >= 0.3 is 12.0 Å². The maximum Gasteiger partial charge on any atom is 0.314 e. The minimum absolute atomic E-state index is 0.156. The fourth-order valence-corrected chi connectivity index (χ4v) is 2.88. The Morgan fingerprint density at radius 2 is 1.75 bits per heavy atom. The van der Waals surface area contributed by atoms with Gasteiger partial charge in [0.25, 0.3) is 0 Å². The zero-order valence-electron chi connectivity index (χ0n) is 11.9. The Bertz CT molecular complexity index is 365. The molecular formula is C13H24N2O4S. The molecule has 1 aliphatic carbocycles. The van der Waals surface area contributed by atoms with Gasteiger partial charge in [-0.2, -0.15) is 0 Å². The lowest BCUT2D eigenvalue weighted by Crippen LogP contribution is -2.46. The van der Waals surface area contributed by atoms with Crippen molar-refractivity contribution in [3.63, 3.8) is 0 Å². The highest BCUT2D eigenvalue weighted by atomic mass is 32.2. The molecule has 1 atom stereocenters. The molecule has 1 saturated carbocycles. The van der Waals surface area contributed by atoms with E-state index in [9.17, 15) is 18.9 Å². The molecule has 1 aliphatic rings. The molecule has 0 heterocycles. The molecule has 0 saturated heterocycles. The van der Waals surface area contributed by atoms with Crippen LogP contribution >= 0.6 is 0 Å². The Hall–Kier alpha value is -1.11. The Morgan fingerprint density at radius 1 is 1.15 bits per heavy atom. The van der Waals surface area contributed by atoms with E-state index in [2.05, 4.69) is 10.6 Å². The van der Waals surface area contributed by atoms with Crippen LogP contribution in [0.25, 0.3) is 0 Å². The van der Waals surface area contributed by atoms with E-state index >= 15 is 0 Å². The molecule has 0 aromatic heterocycles. The molecule has 0 aromatic carbocycles. The summed E-state index contributed by atoms with van der Waals surface area (Å²) in [6.45, 7) is 0.485. The third-order valence-electron chi connectivity index (χ3n) is 3.78. The van der Waals surface area contributed by atoms with Crippen molar-refractivity contribution in [2.24, 2.45) is 5.41 Å². The molecule has 0 aromatic rings. The SMILES string of the molecule is CS(=O)CCNC(=O)NCC1(C(=O)O)CCCCCC1. The Labute approximate surface area is 122 Å². The molecule has 0 radical (unpaired) electrons. The maximum atomic E-state index is 11.6. The molecule has 3 N–H and O–H groups in total. The van der Waals surface area contributed by atoms with Gasteiger partial charge in [-0.25, -0.2) is 4.79 Å². The molecule has 0 aliphatic heterocycles. The predicted molar refractivity (Wildman–Crippen MR) is 78.1 cm³/mol. The summed E-state index contributed by atoms with van der Waals surface area (Å²) in [7, 11) is -0.945. The van der Waals surface area contributed by atoms with Gasteiger partial charge < -0.3 is 15.7 Å². The number of amides is 2. The molecular weight excluding hydrogens is 280 g/mol. The summed E-state index contributed by atoms with van der Waals surface area (Å²) in [5.74, 6) is -0.424. The van der Waals surface area contributed by atoms with Gasteiger partial charge in [0, 0.05) is 35.9 Å². The second-order valence-corrected chi connectivity index (χ2v) is 6.94. The monoisotopic (exact) mass is 304 g/mol. The van der Waals surface area contributed by atoms with Gasteiger partial charge in [0.1, 0.15) is 0 Å². The second kappa shape index (κ2) is 8.24. The quantitative estimate of drug-likeness (QED) is 0.640. The van der Waals surface area contributed by atoms with Crippen LogP contribution in [0.1, 0.15) is 38.5 Å². The Kier molecular flexibility index (Phi) is 6.98. The van der Waals surface area contributed by atoms with E-state index in [1.807, 2.05) is 0 Å². The average molecular weight is 304 g/mol. The van der Waals surface area contributed by atoms with Crippen molar-refractivity contribution in [3.8, 4) is 0 Å². The highest BCUT2D eigenvalue weighted by Crippen LogP contribution is 2.34. The summed E-state index contributed by atoms with van der Waals surface area (Å²) in [5.41, 5.74) is -0.832. The first-order chi connectivity index (χ1) is 9.46. The van der Waals surface area contributed by atoms with Crippen molar-refractivity contribution >= 4 is 22.8 Å². The molecule has 1 fully saturated rings. The van der Waals surface area contributed by atoms with E-state index in [0.29, 0.717) is 25.1 Å². The number of hydrogen-bond acceptors (Lipinski definition) is 3. The van der Waals surface area contributed by atoms with Crippen molar-refractivity contribution in [1.29, 1.82) is 0 Å². The molecule has 0 spiro atoms. The van der Waals surface area contributed by atoms with E-state index in [1.54, 1.807) is 6.26 Å². The van der Waals surface area contributed by atoms with E-state index in [1.165, 1.54) is 0 Å². The molecule has 6 nitrogen and oxygen atoms in total. The van der Waals surface area contributed by atoms with Crippen LogP contribution in [-0.2, 0) is 15.6 Å². The zero-order valence-corrected chi connectivity index (χ0v) is 12.8. The van der Waals surface area contributed by atoms with Crippen LogP contribution in [-0.4, -0.2) is 46.4 Å². The van der Waals surface area contributed by atoms with Crippen LogP contribution in [0.2, 0.25) is 0 Å². The van der Waals surface area contributed by atoms with Gasteiger partial charge in [-0.05, 0) is 12.8 Å². The normalized spacial score (nSPS) is 19.6. The van der Waals surface area contributed by atoms with Crippen molar-refractivity contribution in [1.82, 2.24) is 10.6 Å². The summed E-state index contributed by atoms with van der Waals surface area (Å²) in [6.07, 6.45) is 6.70. The van der Waals surface area contributed by atoms with Crippen LogP contribution in [0, 0.1) is 5.41 Å². The molecule has 20 heavy (non-hydrogen) atoms. The molecule has 0 bridgehead atoms. The smallest absolute Gasteiger partial charge is 0.314 e. The first kappa shape index (κ1) is 16.9. The summed E-state index contributed by atoms with van der Waals surface area (Å²) in [4.78, 5) is 23.1. The number of carbonyl (C=O) groups excluding carboxylic acids is 1. The van der Waals surface area contributed by atoms with Crippen molar-refractivity contribution < 1.29 is 18.9 Å². The van der Waals surface area contributed by atoms with Crippen molar-refractivity contribution in [3.05, 3.63) is 0 Å². The highest BCUT2D eigenvalue weighted by Gasteiger charge is 2.38. The average Bonchev–Trinajstić information content (AvgIpc) is 2.62. The molecule has 116 valence electrons. The molecule has 2 amide bonds. The number of carboxylic acid groups (broad SMARTS) is 1. The van der Waals surface area contributed by atoms with Gasteiger partial charge in [0.05, 0.1) is 5.41 Å². The van der Waals surface area contributed by atoms with Crippen LogP contribution in [0.15, 0.2) is 0 Å². The van der Waals surface area contributed by atoms with Gasteiger partial charge in [0.2, 0.25) is 0 Å². The van der Waals surface area contributed by atoms with E-state index in [0.717, 1.165) is 25.7 Å². The van der Waals surface area contributed by atoms with Crippen LogP contribution in [0.4, 0.5) is 4.79 Å². The van der Waals surface area contributed by atoms with Gasteiger partial charge in [0.15, 0.2) is 0 Å². The first-order valence-corrected chi connectivity index (χ1v) is 8.74. The van der Waals surface area contributed by atoms with E-state index in [4.69, 9.17) is 0 Å².